The minimum Gasteiger partial charge on any atom is -0.341 e. The van der Waals surface area contributed by atoms with Crippen LogP contribution in [0.3, 0.4) is 0 Å². The Hall–Kier alpha value is -3.12. The lowest BCUT2D eigenvalue weighted by Gasteiger charge is -2.21. The molecule has 0 saturated carbocycles. The third-order valence-electron chi connectivity index (χ3n) is 4.70. The molecule has 3 aromatic rings. The number of amides is 1. The van der Waals surface area contributed by atoms with E-state index in [0.29, 0.717) is 11.3 Å². The Balaban J connectivity index is 1.93. The molecule has 29 heavy (non-hydrogen) atoms. The second-order valence-corrected chi connectivity index (χ2v) is 8.86. The fraction of sp³-hybridized carbons (Fsp3) is 0.174. The average Bonchev–Trinajstić information content (AvgIpc) is 2.68. The van der Waals surface area contributed by atoms with E-state index in [1.807, 2.05) is 49.4 Å². The summed E-state index contributed by atoms with van der Waals surface area (Å²) in [7, 11) is -3.42. The number of aryl methyl sites for hydroxylation is 2. The van der Waals surface area contributed by atoms with E-state index in [1.165, 1.54) is 11.6 Å². The fourth-order valence-corrected chi connectivity index (χ4v) is 3.66. The fourth-order valence-electron chi connectivity index (χ4n) is 3.10. The Morgan fingerprint density at radius 2 is 1.55 bits per heavy atom. The van der Waals surface area contributed by atoms with Crippen LogP contribution in [0.15, 0.2) is 72.8 Å². The highest BCUT2D eigenvalue weighted by Gasteiger charge is 2.18. The molecule has 0 aliphatic carbocycles. The molecule has 0 radical (unpaired) electrons. The average molecular weight is 409 g/mol. The van der Waals surface area contributed by atoms with Gasteiger partial charge in [0.2, 0.25) is 10.0 Å². The molecule has 5 nitrogen and oxygen atoms in total. The summed E-state index contributed by atoms with van der Waals surface area (Å²) in [6.45, 7) is 4.10. The van der Waals surface area contributed by atoms with Gasteiger partial charge in [0.25, 0.3) is 5.91 Å². The Labute approximate surface area is 171 Å². The van der Waals surface area contributed by atoms with Gasteiger partial charge in [0.05, 0.1) is 12.3 Å². The van der Waals surface area contributed by atoms with Gasteiger partial charge < -0.3 is 5.32 Å². The van der Waals surface area contributed by atoms with Crippen LogP contribution in [0.2, 0.25) is 0 Å². The number of anilines is 1. The Kier molecular flexibility index (Phi) is 6.03. The molecule has 1 atom stereocenters. The van der Waals surface area contributed by atoms with Gasteiger partial charge in [-0.2, -0.15) is 0 Å². The minimum atomic E-state index is -3.42. The molecule has 0 aliphatic heterocycles. The third kappa shape index (κ3) is 5.45. The molecule has 0 fully saturated rings. The maximum absolute atomic E-state index is 13.0. The monoisotopic (exact) mass is 408 g/mol. The van der Waals surface area contributed by atoms with Gasteiger partial charge in [-0.05, 0) is 54.3 Å². The van der Waals surface area contributed by atoms with Crippen molar-refractivity contribution in [2.75, 3.05) is 11.0 Å². The van der Waals surface area contributed by atoms with E-state index in [4.69, 9.17) is 0 Å². The molecule has 6 heteroatoms. The molecule has 0 spiro atoms. The Morgan fingerprint density at radius 1 is 0.828 bits per heavy atom. The number of sulfonamides is 1. The summed E-state index contributed by atoms with van der Waals surface area (Å²) >= 11 is 0. The zero-order chi connectivity index (χ0) is 21.0. The molecule has 0 unspecified atom stereocenters. The Morgan fingerprint density at radius 3 is 2.21 bits per heavy atom. The summed E-state index contributed by atoms with van der Waals surface area (Å²) in [5.41, 5.74) is 5.02. The first-order chi connectivity index (χ1) is 13.7. The van der Waals surface area contributed by atoms with Crippen molar-refractivity contribution < 1.29 is 13.2 Å². The van der Waals surface area contributed by atoms with Crippen LogP contribution in [-0.2, 0) is 10.0 Å². The van der Waals surface area contributed by atoms with Crippen LogP contribution in [-0.4, -0.2) is 20.6 Å². The summed E-state index contributed by atoms with van der Waals surface area (Å²) in [5.74, 6) is -0.283. The molecule has 3 rings (SSSR count). The lowest BCUT2D eigenvalue weighted by atomic mass is 9.95. The van der Waals surface area contributed by atoms with Crippen molar-refractivity contribution in [3.8, 4) is 0 Å². The van der Waals surface area contributed by atoms with Crippen molar-refractivity contribution in [3.63, 3.8) is 0 Å². The maximum Gasteiger partial charge on any atom is 0.252 e. The first kappa shape index (κ1) is 20.6. The quantitative estimate of drug-likeness (QED) is 0.642. The van der Waals surface area contributed by atoms with Gasteiger partial charge in [-0.1, -0.05) is 54.6 Å². The summed E-state index contributed by atoms with van der Waals surface area (Å²) < 4.78 is 25.4. The minimum absolute atomic E-state index is 0.283. The van der Waals surface area contributed by atoms with Crippen molar-refractivity contribution in [2.45, 2.75) is 19.9 Å². The van der Waals surface area contributed by atoms with E-state index in [-0.39, 0.29) is 11.9 Å². The maximum atomic E-state index is 13.0. The topological polar surface area (TPSA) is 75.3 Å². The number of nitrogens with one attached hydrogen (secondary N) is 2. The number of hydrogen-bond donors (Lipinski definition) is 2. The molecule has 3 aromatic carbocycles. The zero-order valence-corrected chi connectivity index (χ0v) is 17.5. The predicted molar refractivity (Wildman–Crippen MR) is 117 cm³/mol. The van der Waals surface area contributed by atoms with Crippen LogP contribution in [0.1, 0.15) is 38.7 Å². The highest BCUT2D eigenvalue weighted by molar-refractivity contribution is 7.92. The van der Waals surface area contributed by atoms with E-state index in [2.05, 4.69) is 23.0 Å². The lowest BCUT2D eigenvalue weighted by Crippen LogP contribution is -2.29. The Bertz CT molecular complexity index is 1130. The van der Waals surface area contributed by atoms with Gasteiger partial charge in [0.1, 0.15) is 0 Å². The van der Waals surface area contributed by atoms with Gasteiger partial charge in [-0.3, -0.25) is 9.52 Å². The first-order valence-corrected chi connectivity index (χ1v) is 11.1. The van der Waals surface area contributed by atoms with E-state index in [1.54, 1.807) is 18.2 Å². The van der Waals surface area contributed by atoms with Crippen LogP contribution in [0.5, 0.6) is 0 Å². The van der Waals surface area contributed by atoms with Crippen LogP contribution in [0.4, 0.5) is 5.69 Å². The van der Waals surface area contributed by atoms with Crippen LogP contribution >= 0.6 is 0 Å². The first-order valence-electron chi connectivity index (χ1n) is 9.24. The molecule has 0 saturated heterocycles. The predicted octanol–water partition coefficient (Wildman–Crippen LogP) is 4.19. The van der Waals surface area contributed by atoms with Crippen LogP contribution in [0.25, 0.3) is 0 Å². The molecular weight excluding hydrogens is 384 g/mol. The molecular formula is C23H24N2O3S. The van der Waals surface area contributed by atoms with Gasteiger partial charge in [0, 0.05) is 11.3 Å². The normalized spacial score (nSPS) is 12.2. The van der Waals surface area contributed by atoms with E-state index >= 15 is 0 Å². The van der Waals surface area contributed by atoms with Crippen molar-refractivity contribution in [1.82, 2.24) is 5.32 Å². The summed E-state index contributed by atoms with van der Waals surface area (Å²) in [6, 6.07) is 22.0. The molecule has 0 bridgehead atoms. The largest absolute Gasteiger partial charge is 0.341 e. The SMILES string of the molecule is Cc1ccc([C@@H](NC(=O)c2cccc(NS(C)(=O)=O)c2)c2ccccc2)cc1C. The van der Waals surface area contributed by atoms with Crippen molar-refractivity contribution in [3.05, 3.63) is 101 Å². The van der Waals surface area contributed by atoms with Gasteiger partial charge in [-0.15, -0.1) is 0 Å². The third-order valence-corrected chi connectivity index (χ3v) is 5.31. The number of carbonyl (C=O) groups is 1. The number of hydrogen-bond acceptors (Lipinski definition) is 3. The van der Waals surface area contributed by atoms with Crippen LogP contribution < -0.4 is 10.0 Å². The van der Waals surface area contributed by atoms with E-state index in [0.717, 1.165) is 22.9 Å². The van der Waals surface area contributed by atoms with Crippen molar-refractivity contribution >= 4 is 21.6 Å². The van der Waals surface area contributed by atoms with Gasteiger partial charge in [-0.25, -0.2) is 8.42 Å². The number of carbonyl (C=O) groups excluding carboxylic acids is 1. The lowest BCUT2D eigenvalue weighted by molar-refractivity contribution is 0.0943. The molecule has 2 N–H and O–H groups in total. The summed E-state index contributed by atoms with van der Waals surface area (Å²) in [6.07, 6.45) is 1.07. The van der Waals surface area contributed by atoms with Crippen molar-refractivity contribution in [1.29, 1.82) is 0 Å². The molecule has 0 aliphatic rings. The van der Waals surface area contributed by atoms with Gasteiger partial charge >= 0.3 is 0 Å². The second kappa shape index (κ2) is 8.49. The van der Waals surface area contributed by atoms with E-state index < -0.39 is 10.0 Å². The molecule has 0 aromatic heterocycles. The number of benzene rings is 3. The summed E-state index contributed by atoms with van der Waals surface area (Å²) in [4.78, 5) is 13.0. The van der Waals surface area contributed by atoms with Gasteiger partial charge in [0.15, 0.2) is 0 Å². The van der Waals surface area contributed by atoms with Crippen molar-refractivity contribution in [2.24, 2.45) is 0 Å². The van der Waals surface area contributed by atoms with E-state index in [9.17, 15) is 13.2 Å². The van der Waals surface area contributed by atoms with Crippen LogP contribution in [0, 0.1) is 13.8 Å². The highest BCUT2D eigenvalue weighted by Crippen LogP contribution is 2.25. The zero-order valence-electron chi connectivity index (χ0n) is 16.6. The summed E-state index contributed by atoms with van der Waals surface area (Å²) in [5, 5.41) is 3.09. The standard InChI is InChI=1S/C23H24N2O3S/c1-16-12-13-19(14-17(16)2)22(18-8-5-4-6-9-18)24-23(26)20-10-7-11-21(15-20)25-29(3,27)28/h4-15,22,25H,1-3H3,(H,24,26)/t22-/m0/s1. The molecule has 1 amide bonds. The number of rotatable bonds is 6. The highest BCUT2D eigenvalue weighted by atomic mass is 32.2. The molecule has 0 heterocycles. The smallest absolute Gasteiger partial charge is 0.252 e. The second-order valence-electron chi connectivity index (χ2n) is 7.12. The molecule has 150 valence electrons.